The minimum atomic E-state index is -0.262. The van der Waals surface area contributed by atoms with Gasteiger partial charge in [-0.2, -0.15) is 4.79 Å². The molecule has 0 bridgehead atoms. The Hall–Kier alpha value is -1.28. The van der Waals surface area contributed by atoms with Crippen LogP contribution in [0.3, 0.4) is 0 Å². The fourth-order valence-corrected chi connectivity index (χ4v) is 0.853. The first-order chi connectivity index (χ1) is 4.74. The van der Waals surface area contributed by atoms with Gasteiger partial charge in [0.25, 0.3) is 0 Å². The van der Waals surface area contributed by atoms with Gasteiger partial charge >= 0.3 is 6.21 Å². The van der Waals surface area contributed by atoms with Crippen LogP contribution in [-0.4, -0.2) is 22.6 Å². The highest BCUT2D eigenvalue weighted by Gasteiger charge is 2.33. The maximum atomic E-state index is 10.7. The summed E-state index contributed by atoms with van der Waals surface area (Å²) in [4.78, 5) is 23.6. The predicted octanol–water partition coefficient (Wildman–Crippen LogP) is -0.165. The van der Waals surface area contributed by atoms with E-state index in [0.717, 1.165) is 6.21 Å². The molecule has 0 amide bonds. The van der Waals surface area contributed by atoms with E-state index in [1.165, 1.54) is 0 Å². The van der Waals surface area contributed by atoms with Crippen LogP contribution in [-0.2, 0) is 9.59 Å². The zero-order valence-corrected chi connectivity index (χ0v) is 5.28. The van der Waals surface area contributed by atoms with Gasteiger partial charge in [-0.25, -0.2) is 0 Å². The standard InChI is InChI=1S/C6H6N2O2/c7-8-3-6(10)4-1-5(9)2-4/h3-4H,1-2H2. The molecule has 0 unspecified atom stereocenters. The SMILES string of the molecule is [N-]=[N+]=CC(=O)C1CC(=O)C1. The van der Waals surface area contributed by atoms with Crippen molar-refractivity contribution in [1.82, 2.24) is 0 Å². The number of ketones is 2. The Morgan fingerprint density at radius 2 is 2.30 bits per heavy atom. The molecule has 0 heterocycles. The van der Waals surface area contributed by atoms with Crippen molar-refractivity contribution in [2.45, 2.75) is 12.8 Å². The molecule has 0 radical (unpaired) electrons. The number of carbonyl (C=O) groups is 2. The van der Waals surface area contributed by atoms with E-state index in [4.69, 9.17) is 5.53 Å². The molecule has 1 aliphatic rings. The van der Waals surface area contributed by atoms with Crippen LogP contribution in [0.25, 0.3) is 5.53 Å². The number of hydrogen-bond acceptors (Lipinski definition) is 2. The molecule has 0 aliphatic heterocycles. The molecule has 4 nitrogen and oxygen atoms in total. The first-order valence-electron chi connectivity index (χ1n) is 2.97. The number of hydrogen-bond donors (Lipinski definition) is 0. The lowest BCUT2D eigenvalue weighted by Gasteiger charge is -2.18. The van der Waals surface area contributed by atoms with E-state index >= 15 is 0 Å². The van der Waals surface area contributed by atoms with Crippen LogP contribution in [0.15, 0.2) is 0 Å². The first kappa shape index (κ1) is 6.83. The average Bonchev–Trinajstić information content (AvgIpc) is 1.82. The summed E-state index contributed by atoms with van der Waals surface area (Å²) in [7, 11) is 0. The lowest BCUT2D eigenvalue weighted by molar-refractivity contribution is -0.134. The van der Waals surface area contributed by atoms with Crippen molar-refractivity contribution in [3.63, 3.8) is 0 Å². The Bertz CT molecular complexity index is 220. The fourth-order valence-electron chi connectivity index (χ4n) is 0.853. The van der Waals surface area contributed by atoms with Crippen molar-refractivity contribution in [2.75, 3.05) is 0 Å². The van der Waals surface area contributed by atoms with E-state index in [0.29, 0.717) is 12.8 Å². The predicted molar refractivity (Wildman–Crippen MR) is 32.4 cm³/mol. The zero-order valence-electron chi connectivity index (χ0n) is 5.28. The quantitative estimate of drug-likeness (QED) is 0.302. The summed E-state index contributed by atoms with van der Waals surface area (Å²) in [6, 6.07) is 0. The maximum Gasteiger partial charge on any atom is 0.323 e. The summed E-state index contributed by atoms with van der Waals surface area (Å²) in [5.41, 5.74) is 7.93. The second-order valence-electron chi connectivity index (χ2n) is 2.29. The molecule has 4 heteroatoms. The molecule has 1 fully saturated rings. The highest BCUT2D eigenvalue weighted by atomic mass is 16.1. The third-order valence-corrected chi connectivity index (χ3v) is 1.54. The summed E-state index contributed by atoms with van der Waals surface area (Å²) in [5, 5.41) is 0. The van der Waals surface area contributed by atoms with E-state index in [9.17, 15) is 9.59 Å². The van der Waals surface area contributed by atoms with Crippen LogP contribution in [0.1, 0.15) is 12.8 Å². The normalized spacial score (nSPS) is 17.4. The van der Waals surface area contributed by atoms with Gasteiger partial charge in [-0.1, -0.05) is 0 Å². The van der Waals surface area contributed by atoms with Gasteiger partial charge in [-0.05, 0) is 0 Å². The number of carbonyl (C=O) groups excluding carboxylic acids is 2. The van der Waals surface area contributed by atoms with Crippen molar-refractivity contribution in [3.8, 4) is 0 Å². The number of Topliss-reactive ketones (excluding diaryl/α,β-unsaturated/α-hetero) is 2. The molecule has 1 aliphatic carbocycles. The molecule has 0 saturated heterocycles. The van der Waals surface area contributed by atoms with Gasteiger partial charge in [0.1, 0.15) is 5.78 Å². The van der Waals surface area contributed by atoms with Crippen molar-refractivity contribution < 1.29 is 14.4 Å². The lowest BCUT2D eigenvalue weighted by atomic mass is 9.81. The largest absolute Gasteiger partial charge is 0.361 e. The highest BCUT2D eigenvalue weighted by Crippen LogP contribution is 2.22. The Morgan fingerprint density at radius 3 is 2.70 bits per heavy atom. The first-order valence-corrected chi connectivity index (χ1v) is 2.97. The summed E-state index contributed by atoms with van der Waals surface area (Å²) >= 11 is 0. The van der Waals surface area contributed by atoms with Crippen molar-refractivity contribution in [3.05, 3.63) is 5.53 Å². The van der Waals surface area contributed by atoms with Gasteiger partial charge in [0, 0.05) is 18.8 Å². The summed E-state index contributed by atoms with van der Waals surface area (Å²) in [6.07, 6.45) is 1.47. The molecule has 0 aromatic rings. The van der Waals surface area contributed by atoms with E-state index in [-0.39, 0.29) is 17.5 Å². The summed E-state index contributed by atoms with van der Waals surface area (Å²) in [6.45, 7) is 0. The fraction of sp³-hybridized carbons (Fsp3) is 0.500. The maximum absolute atomic E-state index is 10.7. The van der Waals surface area contributed by atoms with Crippen molar-refractivity contribution in [1.29, 1.82) is 0 Å². The zero-order chi connectivity index (χ0) is 7.56. The van der Waals surface area contributed by atoms with E-state index in [2.05, 4.69) is 4.79 Å². The van der Waals surface area contributed by atoms with E-state index in [1.54, 1.807) is 0 Å². The Morgan fingerprint density at radius 1 is 1.70 bits per heavy atom. The third kappa shape index (κ3) is 1.17. The number of rotatable bonds is 2. The molecule has 0 aromatic carbocycles. The minimum absolute atomic E-state index is 0.102. The van der Waals surface area contributed by atoms with Gasteiger partial charge in [0.05, 0.1) is 0 Å². The van der Waals surface area contributed by atoms with Crippen molar-refractivity contribution in [2.24, 2.45) is 5.92 Å². The third-order valence-electron chi connectivity index (χ3n) is 1.54. The van der Waals surface area contributed by atoms with Crippen LogP contribution in [0, 0.1) is 5.92 Å². The molecule has 52 valence electrons. The Labute approximate surface area is 57.5 Å². The second-order valence-corrected chi connectivity index (χ2v) is 2.29. The van der Waals surface area contributed by atoms with Gasteiger partial charge in [-0.3, -0.25) is 9.59 Å². The lowest BCUT2D eigenvalue weighted by Crippen LogP contribution is -2.31. The van der Waals surface area contributed by atoms with E-state index < -0.39 is 0 Å². The molecule has 0 aromatic heterocycles. The van der Waals surface area contributed by atoms with E-state index in [1.807, 2.05) is 0 Å². The molecule has 0 spiro atoms. The molecule has 0 atom stereocenters. The smallest absolute Gasteiger partial charge is 0.323 e. The second kappa shape index (κ2) is 2.54. The van der Waals surface area contributed by atoms with Crippen LogP contribution in [0.2, 0.25) is 0 Å². The van der Waals surface area contributed by atoms with Gasteiger partial charge in [0.2, 0.25) is 5.78 Å². The van der Waals surface area contributed by atoms with Gasteiger partial charge in [0.15, 0.2) is 0 Å². The molecule has 10 heavy (non-hydrogen) atoms. The molecule has 1 rings (SSSR count). The Balaban J connectivity index is 2.45. The van der Waals surface area contributed by atoms with Crippen LogP contribution in [0.4, 0.5) is 0 Å². The van der Waals surface area contributed by atoms with Crippen molar-refractivity contribution >= 4 is 17.8 Å². The minimum Gasteiger partial charge on any atom is -0.361 e. The summed E-state index contributed by atoms with van der Waals surface area (Å²) in [5.74, 6) is -0.379. The molecular weight excluding hydrogens is 132 g/mol. The highest BCUT2D eigenvalue weighted by molar-refractivity contribution is 6.28. The Kier molecular flexibility index (Phi) is 1.73. The number of nitrogens with zero attached hydrogens (tertiary/aromatic N) is 2. The molecule has 0 N–H and O–H groups in total. The molecular formula is C6H6N2O2. The summed E-state index contributed by atoms with van der Waals surface area (Å²) < 4.78 is 0. The molecule has 1 saturated carbocycles. The van der Waals surface area contributed by atoms with Gasteiger partial charge < -0.3 is 5.53 Å². The topological polar surface area (TPSA) is 70.5 Å². The van der Waals surface area contributed by atoms with Crippen LogP contribution >= 0.6 is 0 Å². The van der Waals surface area contributed by atoms with Crippen LogP contribution < -0.4 is 0 Å². The monoisotopic (exact) mass is 138 g/mol. The van der Waals surface area contributed by atoms with Gasteiger partial charge in [-0.15, -0.1) is 0 Å². The average molecular weight is 138 g/mol. The van der Waals surface area contributed by atoms with Crippen LogP contribution in [0.5, 0.6) is 0 Å².